The van der Waals surface area contributed by atoms with Crippen LogP contribution in [0.3, 0.4) is 0 Å². The molecule has 0 aromatic carbocycles. The number of aromatic nitrogens is 4. The summed E-state index contributed by atoms with van der Waals surface area (Å²) in [6, 6.07) is 3.14. The fourth-order valence-electron chi connectivity index (χ4n) is 3.53. The molecule has 2 aromatic rings. The molecular weight excluding hydrogens is 334 g/mol. The molecular formula is C18H23N5O3. The molecule has 8 heteroatoms. The molecule has 26 heavy (non-hydrogen) atoms. The highest BCUT2D eigenvalue weighted by Crippen LogP contribution is 2.38. The number of hydrogen-bond donors (Lipinski definition) is 1. The van der Waals surface area contributed by atoms with Crippen LogP contribution >= 0.6 is 0 Å². The topological polar surface area (TPSA) is 93.0 Å². The maximum Gasteiger partial charge on any atom is 0.329 e. The van der Waals surface area contributed by atoms with Crippen LogP contribution in [0.4, 0.5) is 5.82 Å². The lowest BCUT2D eigenvalue weighted by molar-refractivity contribution is 0.349. The van der Waals surface area contributed by atoms with Crippen LogP contribution in [0.25, 0.3) is 0 Å². The first-order valence-electron chi connectivity index (χ1n) is 9.13. The van der Waals surface area contributed by atoms with Gasteiger partial charge in [0.05, 0.1) is 12.0 Å². The van der Waals surface area contributed by atoms with Crippen LogP contribution in [0, 0.1) is 5.92 Å². The number of nitrogens with one attached hydrogen (secondary N) is 1. The van der Waals surface area contributed by atoms with E-state index in [4.69, 9.17) is 0 Å². The Bertz CT molecular complexity index is 946. The lowest BCUT2D eigenvalue weighted by atomic mass is 9.96. The molecule has 3 heterocycles. The Labute approximate surface area is 150 Å². The molecule has 1 aliphatic carbocycles. The second-order valence-corrected chi connectivity index (χ2v) is 7.37. The van der Waals surface area contributed by atoms with Crippen LogP contribution in [0.15, 0.2) is 32.8 Å². The van der Waals surface area contributed by atoms with Gasteiger partial charge in [0.1, 0.15) is 5.82 Å². The highest BCUT2D eigenvalue weighted by Gasteiger charge is 2.26. The van der Waals surface area contributed by atoms with E-state index in [1.54, 1.807) is 17.0 Å². The van der Waals surface area contributed by atoms with E-state index in [2.05, 4.69) is 9.97 Å². The Hall–Kier alpha value is -2.64. The standard InChI is InChI=1S/C18H23N5O3/c1-21-16(24)9-15(20-18(21)26)22-6-4-12(5-7-22)10-23-11-19-14(8-17(23)25)13-2-3-13/h8-9,11-13H,2-7,10H2,1H3,(H,20,26). The third-order valence-corrected chi connectivity index (χ3v) is 5.44. The lowest BCUT2D eigenvalue weighted by Crippen LogP contribution is -2.40. The molecule has 0 spiro atoms. The summed E-state index contributed by atoms with van der Waals surface area (Å²) in [7, 11) is 1.46. The molecule has 0 bridgehead atoms. The van der Waals surface area contributed by atoms with E-state index in [-0.39, 0.29) is 11.1 Å². The van der Waals surface area contributed by atoms with E-state index in [0.717, 1.165) is 49.0 Å². The van der Waals surface area contributed by atoms with Crippen molar-refractivity contribution in [1.82, 2.24) is 19.1 Å². The van der Waals surface area contributed by atoms with Crippen LogP contribution in [0.5, 0.6) is 0 Å². The fraction of sp³-hybridized carbons (Fsp3) is 0.556. The van der Waals surface area contributed by atoms with E-state index in [0.29, 0.717) is 24.2 Å². The Balaban J connectivity index is 1.40. The minimum Gasteiger partial charge on any atom is -0.358 e. The molecule has 1 saturated carbocycles. The molecule has 0 atom stereocenters. The monoisotopic (exact) mass is 357 g/mol. The highest BCUT2D eigenvalue weighted by atomic mass is 16.2. The molecule has 0 unspecified atom stereocenters. The van der Waals surface area contributed by atoms with Crippen molar-refractivity contribution >= 4 is 5.82 Å². The second kappa shape index (κ2) is 6.59. The van der Waals surface area contributed by atoms with Gasteiger partial charge in [-0.05, 0) is 31.6 Å². The van der Waals surface area contributed by atoms with Crippen LogP contribution in [-0.4, -0.2) is 32.2 Å². The SMILES string of the molecule is Cn1c(=O)cc(N2CCC(Cn3cnc(C4CC4)cc3=O)CC2)[nH]c1=O. The van der Waals surface area contributed by atoms with Crippen molar-refractivity contribution in [3.63, 3.8) is 0 Å². The fourth-order valence-corrected chi connectivity index (χ4v) is 3.53. The van der Waals surface area contributed by atoms with Crippen LogP contribution in [0.1, 0.15) is 37.3 Å². The third kappa shape index (κ3) is 3.36. The van der Waals surface area contributed by atoms with Gasteiger partial charge in [0.25, 0.3) is 11.1 Å². The molecule has 1 aliphatic heterocycles. The van der Waals surface area contributed by atoms with Crippen molar-refractivity contribution in [2.24, 2.45) is 13.0 Å². The van der Waals surface area contributed by atoms with Gasteiger partial charge in [-0.3, -0.25) is 23.7 Å². The van der Waals surface area contributed by atoms with Gasteiger partial charge in [-0.15, -0.1) is 0 Å². The zero-order valence-electron chi connectivity index (χ0n) is 14.9. The second-order valence-electron chi connectivity index (χ2n) is 7.37. The van der Waals surface area contributed by atoms with Crippen molar-refractivity contribution < 1.29 is 0 Å². The quantitative estimate of drug-likeness (QED) is 0.856. The van der Waals surface area contributed by atoms with Crippen LogP contribution in [0.2, 0.25) is 0 Å². The summed E-state index contributed by atoms with van der Waals surface area (Å²) >= 11 is 0. The van der Waals surface area contributed by atoms with Crippen LogP contribution in [-0.2, 0) is 13.6 Å². The Morgan fingerprint density at radius 3 is 2.42 bits per heavy atom. The van der Waals surface area contributed by atoms with Crippen molar-refractivity contribution in [2.75, 3.05) is 18.0 Å². The summed E-state index contributed by atoms with van der Waals surface area (Å²) in [6.07, 6.45) is 5.75. The zero-order chi connectivity index (χ0) is 18.3. The minimum atomic E-state index is -0.400. The predicted molar refractivity (Wildman–Crippen MR) is 97.7 cm³/mol. The van der Waals surface area contributed by atoms with Gasteiger partial charge in [0.2, 0.25) is 0 Å². The molecule has 2 aromatic heterocycles. The van der Waals surface area contributed by atoms with E-state index in [1.807, 2.05) is 4.90 Å². The van der Waals surface area contributed by atoms with Gasteiger partial charge in [-0.2, -0.15) is 0 Å². The van der Waals surface area contributed by atoms with Gasteiger partial charge in [-0.25, -0.2) is 9.78 Å². The van der Waals surface area contributed by atoms with Crippen molar-refractivity contribution in [3.05, 3.63) is 55.3 Å². The highest BCUT2D eigenvalue weighted by molar-refractivity contribution is 5.37. The molecule has 0 amide bonds. The summed E-state index contributed by atoms with van der Waals surface area (Å²) in [4.78, 5) is 45.0. The lowest BCUT2D eigenvalue weighted by Gasteiger charge is -2.33. The van der Waals surface area contributed by atoms with E-state index in [1.165, 1.54) is 13.1 Å². The normalized spacial score (nSPS) is 18.3. The zero-order valence-corrected chi connectivity index (χ0v) is 14.9. The van der Waals surface area contributed by atoms with Gasteiger partial charge in [0, 0.05) is 44.7 Å². The first-order chi connectivity index (χ1) is 12.5. The molecule has 0 radical (unpaired) electrons. The van der Waals surface area contributed by atoms with E-state index < -0.39 is 5.69 Å². The van der Waals surface area contributed by atoms with Gasteiger partial charge in [-0.1, -0.05) is 0 Å². The average Bonchev–Trinajstić information content (AvgIpc) is 3.47. The maximum atomic E-state index is 12.3. The predicted octanol–water partition coefficient (Wildman–Crippen LogP) is 0.424. The molecule has 4 rings (SSSR count). The van der Waals surface area contributed by atoms with Gasteiger partial charge in [0.15, 0.2) is 0 Å². The van der Waals surface area contributed by atoms with Gasteiger partial charge < -0.3 is 4.90 Å². The Morgan fingerprint density at radius 1 is 1.08 bits per heavy atom. The largest absolute Gasteiger partial charge is 0.358 e. The summed E-state index contributed by atoms with van der Waals surface area (Å²) in [5.41, 5.74) is 0.248. The van der Waals surface area contributed by atoms with Gasteiger partial charge >= 0.3 is 5.69 Å². The average molecular weight is 357 g/mol. The van der Waals surface area contributed by atoms with Crippen molar-refractivity contribution in [2.45, 2.75) is 38.1 Å². The number of H-pyrrole nitrogens is 1. The first kappa shape index (κ1) is 16.8. The number of hydrogen-bond acceptors (Lipinski definition) is 5. The maximum absolute atomic E-state index is 12.3. The first-order valence-corrected chi connectivity index (χ1v) is 9.13. The van der Waals surface area contributed by atoms with Crippen molar-refractivity contribution in [1.29, 1.82) is 0 Å². The van der Waals surface area contributed by atoms with E-state index >= 15 is 0 Å². The number of rotatable bonds is 4. The summed E-state index contributed by atoms with van der Waals surface area (Å²) in [5, 5.41) is 0. The molecule has 2 aliphatic rings. The Kier molecular flexibility index (Phi) is 4.26. The third-order valence-electron chi connectivity index (χ3n) is 5.44. The number of anilines is 1. The number of piperidine rings is 1. The summed E-state index contributed by atoms with van der Waals surface area (Å²) in [5.74, 6) is 1.45. The van der Waals surface area contributed by atoms with E-state index in [9.17, 15) is 14.4 Å². The molecule has 2 fully saturated rings. The van der Waals surface area contributed by atoms with Crippen molar-refractivity contribution in [3.8, 4) is 0 Å². The number of aromatic amines is 1. The number of nitrogens with zero attached hydrogens (tertiary/aromatic N) is 4. The molecule has 8 nitrogen and oxygen atoms in total. The molecule has 1 saturated heterocycles. The Morgan fingerprint density at radius 2 is 1.81 bits per heavy atom. The summed E-state index contributed by atoms with van der Waals surface area (Å²) in [6.45, 7) is 2.16. The van der Waals surface area contributed by atoms with Crippen LogP contribution < -0.4 is 21.7 Å². The molecule has 138 valence electrons. The smallest absolute Gasteiger partial charge is 0.329 e. The summed E-state index contributed by atoms with van der Waals surface area (Å²) < 4.78 is 2.76. The minimum absolute atomic E-state index is 0.0280. The molecule has 1 N–H and O–H groups in total.